The Balaban J connectivity index is 1.59. The Kier molecular flexibility index (Phi) is 3.27. The van der Waals surface area contributed by atoms with Crippen LogP contribution in [0.15, 0.2) is 23.7 Å². The molecule has 0 fully saturated rings. The summed E-state index contributed by atoms with van der Waals surface area (Å²) in [6.07, 6.45) is 0.913. The van der Waals surface area contributed by atoms with Gasteiger partial charge in [0.15, 0.2) is 11.5 Å². The first-order valence-corrected chi connectivity index (χ1v) is 6.68. The second-order valence-electron chi connectivity index (χ2n) is 3.90. The normalized spacial score (nSPS) is 13.3. The third-order valence-corrected chi connectivity index (χ3v) is 3.31. The molecule has 1 aliphatic rings. The fourth-order valence-electron chi connectivity index (χ4n) is 1.81. The highest BCUT2D eigenvalue weighted by Gasteiger charge is 2.11. The summed E-state index contributed by atoms with van der Waals surface area (Å²) < 4.78 is 11.0. The number of anilines is 1. The molecular formula is C12H13N3O2S. The molecule has 3 rings (SSSR count). The Morgan fingerprint density at radius 1 is 1.22 bits per heavy atom. The Labute approximate surface area is 109 Å². The molecule has 6 heteroatoms. The van der Waals surface area contributed by atoms with Crippen LogP contribution in [0.5, 0.6) is 11.5 Å². The van der Waals surface area contributed by atoms with E-state index in [9.17, 15) is 0 Å². The van der Waals surface area contributed by atoms with Gasteiger partial charge in [-0.3, -0.25) is 0 Å². The van der Waals surface area contributed by atoms with Gasteiger partial charge in [0.2, 0.25) is 5.13 Å². The van der Waals surface area contributed by atoms with Gasteiger partial charge in [-0.05, 0) is 24.1 Å². The Morgan fingerprint density at radius 2 is 2.11 bits per heavy atom. The third kappa shape index (κ3) is 2.53. The highest BCUT2D eigenvalue weighted by Crippen LogP contribution is 2.30. The number of hydrogen-bond acceptors (Lipinski definition) is 6. The molecule has 0 aliphatic carbocycles. The van der Waals surface area contributed by atoms with Crippen LogP contribution < -0.4 is 14.8 Å². The lowest BCUT2D eigenvalue weighted by Crippen LogP contribution is -2.15. The van der Waals surface area contributed by atoms with Gasteiger partial charge in [-0.2, -0.15) is 0 Å². The van der Waals surface area contributed by atoms with Crippen LogP contribution in [0.1, 0.15) is 5.56 Å². The van der Waals surface area contributed by atoms with Crippen LogP contribution in [-0.4, -0.2) is 30.0 Å². The summed E-state index contributed by atoms with van der Waals surface area (Å²) in [5.74, 6) is 1.68. The van der Waals surface area contributed by atoms with Crippen LogP contribution in [0.25, 0.3) is 0 Å². The largest absolute Gasteiger partial charge is 0.486 e. The summed E-state index contributed by atoms with van der Waals surface area (Å²) in [5.41, 5.74) is 2.93. The third-order valence-electron chi connectivity index (χ3n) is 2.66. The van der Waals surface area contributed by atoms with E-state index in [0.717, 1.165) is 29.6 Å². The molecule has 2 aromatic rings. The van der Waals surface area contributed by atoms with Gasteiger partial charge >= 0.3 is 0 Å². The fraction of sp³-hybridized carbons (Fsp3) is 0.333. The molecule has 0 saturated carbocycles. The molecule has 1 aromatic carbocycles. The molecule has 94 valence electrons. The van der Waals surface area contributed by atoms with Crippen molar-refractivity contribution < 1.29 is 9.47 Å². The van der Waals surface area contributed by atoms with E-state index in [4.69, 9.17) is 9.47 Å². The lowest BCUT2D eigenvalue weighted by molar-refractivity contribution is 0.171. The fourth-order valence-corrected chi connectivity index (χ4v) is 2.28. The molecule has 1 aromatic heterocycles. The lowest BCUT2D eigenvalue weighted by Gasteiger charge is -2.18. The van der Waals surface area contributed by atoms with Crippen LogP contribution in [0.3, 0.4) is 0 Å². The first kappa shape index (κ1) is 11.3. The minimum Gasteiger partial charge on any atom is -0.486 e. The molecule has 0 atom stereocenters. The minimum atomic E-state index is 0.624. The van der Waals surface area contributed by atoms with Gasteiger partial charge < -0.3 is 14.8 Å². The first-order valence-electron chi connectivity index (χ1n) is 5.80. The second-order valence-corrected chi connectivity index (χ2v) is 4.73. The predicted octanol–water partition coefficient (Wildman–Crippen LogP) is 1.96. The number of nitrogens with zero attached hydrogens (tertiary/aromatic N) is 2. The van der Waals surface area contributed by atoms with Gasteiger partial charge in [0.05, 0.1) is 0 Å². The second kappa shape index (κ2) is 5.22. The maximum absolute atomic E-state index is 5.55. The number of rotatable bonds is 4. The average Bonchev–Trinajstić information content (AvgIpc) is 2.92. The van der Waals surface area contributed by atoms with Crippen LogP contribution >= 0.6 is 11.3 Å². The molecule has 0 radical (unpaired) electrons. The smallest absolute Gasteiger partial charge is 0.205 e. The van der Waals surface area contributed by atoms with Crippen LogP contribution in [0.2, 0.25) is 0 Å². The molecule has 0 unspecified atom stereocenters. The van der Waals surface area contributed by atoms with Gasteiger partial charge in [-0.1, -0.05) is 17.4 Å². The number of nitrogens with one attached hydrogen (secondary N) is 1. The Bertz CT molecular complexity index is 516. The van der Waals surface area contributed by atoms with Crippen LogP contribution in [0, 0.1) is 0 Å². The number of aromatic nitrogens is 2. The SMILES string of the molecule is c1nnc(NCCc2ccc3c(c2)OCCO3)s1. The van der Waals surface area contributed by atoms with Crippen molar-refractivity contribution in [1.82, 2.24) is 10.2 Å². The van der Waals surface area contributed by atoms with Crippen LogP contribution in [-0.2, 0) is 6.42 Å². The van der Waals surface area contributed by atoms with Gasteiger partial charge in [-0.15, -0.1) is 10.2 Å². The van der Waals surface area contributed by atoms with Gasteiger partial charge in [0, 0.05) is 6.54 Å². The number of fused-ring (bicyclic) bond motifs is 1. The molecule has 0 saturated heterocycles. The van der Waals surface area contributed by atoms with E-state index < -0.39 is 0 Å². The van der Waals surface area contributed by atoms with E-state index in [2.05, 4.69) is 21.6 Å². The zero-order valence-corrected chi connectivity index (χ0v) is 10.6. The molecule has 2 heterocycles. The molecule has 0 bridgehead atoms. The summed E-state index contributed by atoms with van der Waals surface area (Å²) in [6, 6.07) is 6.07. The van der Waals surface area contributed by atoms with E-state index >= 15 is 0 Å². The summed E-state index contributed by atoms with van der Waals surface area (Å²) in [6.45, 7) is 2.08. The van der Waals surface area contributed by atoms with Crippen molar-refractivity contribution in [1.29, 1.82) is 0 Å². The van der Waals surface area contributed by atoms with Gasteiger partial charge in [-0.25, -0.2) is 0 Å². The zero-order chi connectivity index (χ0) is 12.2. The predicted molar refractivity (Wildman–Crippen MR) is 69.5 cm³/mol. The summed E-state index contributed by atoms with van der Waals surface area (Å²) in [4.78, 5) is 0. The molecule has 5 nitrogen and oxygen atoms in total. The van der Waals surface area contributed by atoms with Crippen molar-refractivity contribution >= 4 is 16.5 Å². The first-order chi connectivity index (χ1) is 8.92. The van der Waals surface area contributed by atoms with Crippen molar-refractivity contribution in [2.75, 3.05) is 25.1 Å². The summed E-state index contributed by atoms with van der Waals surface area (Å²) in [5, 5.41) is 11.8. The number of ether oxygens (including phenoxy) is 2. The van der Waals surface area contributed by atoms with E-state index in [1.54, 1.807) is 5.51 Å². The highest BCUT2D eigenvalue weighted by atomic mass is 32.1. The quantitative estimate of drug-likeness (QED) is 0.914. The van der Waals surface area contributed by atoms with Crippen molar-refractivity contribution in [2.24, 2.45) is 0 Å². The standard InChI is InChI=1S/C12H13N3O2S/c1-2-10-11(17-6-5-16-10)7-9(1)3-4-13-12-15-14-8-18-12/h1-2,7-8H,3-6H2,(H,13,15). The van der Waals surface area contributed by atoms with Crippen molar-refractivity contribution in [3.63, 3.8) is 0 Å². The van der Waals surface area contributed by atoms with E-state index in [1.165, 1.54) is 16.9 Å². The molecule has 0 spiro atoms. The van der Waals surface area contributed by atoms with E-state index in [0.29, 0.717) is 13.2 Å². The number of benzene rings is 1. The molecule has 0 amide bonds. The van der Waals surface area contributed by atoms with Gasteiger partial charge in [0.1, 0.15) is 18.7 Å². The maximum atomic E-state index is 5.55. The lowest BCUT2D eigenvalue weighted by atomic mass is 10.1. The Morgan fingerprint density at radius 3 is 2.94 bits per heavy atom. The van der Waals surface area contributed by atoms with Crippen LogP contribution in [0.4, 0.5) is 5.13 Å². The monoisotopic (exact) mass is 263 g/mol. The Hall–Kier alpha value is -1.82. The minimum absolute atomic E-state index is 0.624. The van der Waals surface area contributed by atoms with Crippen molar-refractivity contribution in [3.05, 3.63) is 29.3 Å². The van der Waals surface area contributed by atoms with E-state index in [-0.39, 0.29) is 0 Å². The molecular weight excluding hydrogens is 250 g/mol. The zero-order valence-electron chi connectivity index (χ0n) is 9.76. The summed E-state index contributed by atoms with van der Waals surface area (Å²) >= 11 is 1.50. The molecule has 1 aliphatic heterocycles. The van der Waals surface area contributed by atoms with Crippen molar-refractivity contribution in [2.45, 2.75) is 6.42 Å². The number of hydrogen-bond donors (Lipinski definition) is 1. The summed E-state index contributed by atoms with van der Waals surface area (Å²) in [7, 11) is 0. The maximum Gasteiger partial charge on any atom is 0.205 e. The van der Waals surface area contributed by atoms with Gasteiger partial charge in [0.25, 0.3) is 0 Å². The molecule has 1 N–H and O–H groups in total. The molecule has 18 heavy (non-hydrogen) atoms. The average molecular weight is 263 g/mol. The van der Waals surface area contributed by atoms with E-state index in [1.807, 2.05) is 12.1 Å². The van der Waals surface area contributed by atoms with Crippen molar-refractivity contribution in [3.8, 4) is 11.5 Å². The highest BCUT2D eigenvalue weighted by molar-refractivity contribution is 7.13. The topological polar surface area (TPSA) is 56.3 Å².